The van der Waals surface area contributed by atoms with Crippen LogP contribution in [0, 0.1) is 13.8 Å². The summed E-state index contributed by atoms with van der Waals surface area (Å²) in [6.45, 7) is 4.48. The van der Waals surface area contributed by atoms with Crippen LogP contribution in [0.25, 0.3) is 5.82 Å². The van der Waals surface area contributed by atoms with Crippen LogP contribution in [0.2, 0.25) is 5.02 Å². The van der Waals surface area contributed by atoms with Crippen molar-refractivity contribution in [1.29, 1.82) is 0 Å². The normalized spacial score (nSPS) is 10.8. The van der Waals surface area contributed by atoms with Crippen molar-refractivity contribution < 1.29 is 4.79 Å². The number of hydrogen-bond donors (Lipinski definition) is 1. The molecule has 0 spiro atoms. The summed E-state index contributed by atoms with van der Waals surface area (Å²) in [6.07, 6.45) is 2.43. The van der Waals surface area contributed by atoms with E-state index in [0.717, 1.165) is 27.2 Å². The number of pyridine rings is 1. The number of nitrogens with zero attached hydrogens (tertiary/aromatic N) is 3. The first-order chi connectivity index (χ1) is 12.5. The van der Waals surface area contributed by atoms with E-state index in [2.05, 4.69) is 31.3 Å². The molecule has 2 heterocycles. The Labute approximate surface area is 165 Å². The van der Waals surface area contributed by atoms with E-state index in [1.54, 1.807) is 24.4 Å². The molecular weight excluding hydrogens is 416 g/mol. The van der Waals surface area contributed by atoms with Gasteiger partial charge in [0.05, 0.1) is 16.3 Å². The minimum Gasteiger partial charge on any atom is -0.352 e. The van der Waals surface area contributed by atoms with Crippen LogP contribution in [0.4, 0.5) is 0 Å². The van der Waals surface area contributed by atoms with Gasteiger partial charge < -0.3 is 5.32 Å². The zero-order valence-electron chi connectivity index (χ0n) is 14.5. The molecule has 0 saturated carbocycles. The molecule has 26 heavy (non-hydrogen) atoms. The van der Waals surface area contributed by atoms with Gasteiger partial charge in [0, 0.05) is 22.9 Å². The molecule has 3 rings (SSSR count). The first kappa shape index (κ1) is 18.6. The van der Waals surface area contributed by atoms with Crippen molar-refractivity contribution in [3.05, 3.63) is 74.6 Å². The van der Waals surface area contributed by atoms with E-state index in [9.17, 15) is 4.79 Å². The zero-order valence-corrected chi connectivity index (χ0v) is 16.8. The van der Waals surface area contributed by atoms with Crippen molar-refractivity contribution in [3.63, 3.8) is 0 Å². The number of carbonyl (C=O) groups is 1. The van der Waals surface area contributed by atoms with Crippen molar-refractivity contribution in [2.24, 2.45) is 0 Å². The minimum atomic E-state index is -0.191. The third-order valence-electron chi connectivity index (χ3n) is 4.14. The largest absolute Gasteiger partial charge is 0.352 e. The van der Waals surface area contributed by atoms with Crippen LogP contribution >= 0.6 is 27.5 Å². The van der Waals surface area contributed by atoms with Crippen LogP contribution in [0.1, 0.15) is 27.3 Å². The SMILES string of the molecule is Cc1nn(-c2ccccn2)c(C)c1CCNC(=O)c1cc(Br)ccc1Cl. The molecule has 0 radical (unpaired) electrons. The fourth-order valence-corrected chi connectivity index (χ4v) is 3.37. The van der Waals surface area contributed by atoms with Crippen molar-refractivity contribution in [3.8, 4) is 5.82 Å². The average Bonchev–Trinajstić information content (AvgIpc) is 2.92. The van der Waals surface area contributed by atoms with Gasteiger partial charge >= 0.3 is 0 Å². The molecule has 0 aliphatic rings. The summed E-state index contributed by atoms with van der Waals surface area (Å²) in [4.78, 5) is 16.7. The highest BCUT2D eigenvalue weighted by molar-refractivity contribution is 9.10. The van der Waals surface area contributed by atoms with Crippen LogP contribution in [0.15, 0.2) is 47.1 Å². The smallest absolute Gasteiger partial charge is 0.252 e. The lowest BCUT2D eigenvalue weighted by molar-refractivity contribution is 0.0954. The van der Waals surface area contributed by atoms with E-state index in [-0.39, 0.29) is 5.91 Å². The molecule has 0 bridgehead atoms. The molecule has 1 aromatic carbocycles. The zero-order chi connectivity index (χ0) is 18.7. The molecule has 0 aliphatic heterocycles. The van der Waals surface area contributed by atoms with Gasteiger partial charge in [-0.05, 0) is 56.2 Å². The van der Waals surface area contributed by atoms with E-state index in [4.69, 9.17) is 11.6 Å². The molecule has 0 aliphatic carbocycles. The molecular formula is C19H18BrClN4O. The van der Waals surface area contributed by atoms with E-state index in [1.165, 1.54) is 0 Å². The number of aryl methyl sites for hydroxylation is 1. The average molecular weight is 434 g/mol. The summed E-state index contributed by atoms with van der Waals surface area (Å²) >= 11 is 9.46. The molecule has 7 heteroatoms. The van der Waals surface area contributed by atoms with Gasteiger partial charge in [0.1, 0.15) is 0 Å². The molecule has 0 fully saturated rings. The summed E-state index contributed by atoms with van der Waals surface area (Å²) in [6, 6.07) is 10.9. The maximum absolute atomic E-state index is 12.4. The molecule has 2 aromatic heterocycles. The Hall–Kier alpha value is -2.18. The topological polar surface area (TPSA) is 59.8 Å². The Bertz CT molecular complexity index is 940. The van der Waals surface area contributed by atoms with Gasteiger partial charge in [0.25, 0.3) is 5.91 Å². The highest BCUT2D eigenvalue weighted by atomic mass is 79.9. The second-order valence-corrected chi connectivity index (χ2v) is 7.20. The van der Waals surface area contributed by atoms with Gasteiger partial charge in [0.15, 0.2) is 5.82 Å². The maximum Gasteiger partial charge on any atom is 0.252 e. The van der Waals surface area contributed by atoms with Crippen molar-refractivity contribution in [2.45, 2.75) is 20.3 Å². The third kappa shape index (κ3) is 3.97. The van der Waals surface area contributed by atoms with Crippen LogP contribution in [0.5, 0.6) is 0 Å². The number of hydrogen-bond acceptors (Lipinski definition) is 3. The third-order valence-corrected chi connectivity index (χ3v) is 4.96. The molecule has 1 N–H and O–H groups in total. The maximum atomic E-state index is 12.4. The summed E-state index contributed by atoms with van der Waals surface area (Å²) < 4.78 is 2.65. The molecule has 5 nitrogen and oxygen atoms in total. The molecule has 1 amide bonds. The fraction of sp³-hybridized carbons (Fsp3) is 0.211. The highest BCUT2D eigenvalue weighted by Gasteiger charge is 2.15. The quantitative estimate of drug-likeness (QED) is 0.653. The standard InChI is InChI=1S/C19H18BrClN4O/c1-12-15(13(2)25(24-12)18-5-3-4-9-22-18)8-10-23-19(26)16-11-14(20)6-7-17(16)21/h3-7,9,11H,8,10H2,1-2H3,(H,23,26). The number of carbonyl (C=O) groups excluding carboxylic acids is 1. The van der Waals surface area contributed by atoms with Crippen LogP contribution in [-0.4, -0.2) is 27.2 Å². The first-order valence-corrected chi connectivity index (χ1v) is 9.34. The number of nitrogens with one attached hydrogen (secondary N) is 1. The minimum absolute atomic E-state index is 0.191. The predicted octanol–water partition coefficient (Wildman–Crippen LogP) is 4.27. The van der Waals surface area contributed by atoms with Crippen molar-refractivity contribution >= 4 is 33.4 Å². The van der Waals surface area contributed by atoms with Crippen LogP contribution < -0.4 is 5.32 Å². The number of amides is 1. The van der Waals surface area contributed by atoms with Crippen molar-refractivity contribution in [1.82, 2.24) is 20.1 Å². The number of aromatic nitrogens is 3. The summed E-state index contributed by atoms with van der Waals surface area (Å²) in [5.41, 5.74) is 3.52. The predicted molar refractivity (Wildman–Crippen MR) is 106 cm³/mol. The van der Waals surface area contributed by atoms with E-state index >= 15 is 0 Å². The van der Waals surface area contributed by atoms with Crippen LogP contribution in [0.3, 0.4) is 0 Å². The monoisotopic (exact) mass is 432 g/mol. The Kier molecular flexibility index (Phi) is 5.74. The molecule has 0 unspecified atom stereocenters. The van der Waals surface area contributed by atoms with Gasteiger partial charge in [-0.1, -0.05) is 33.6 Å². The lowest BCUT2D eigenvalue weighted by Gasteiger charge is -2.08. The second-order valence-electron chi connectivity index (χ2n) is 5.88. The lowest BCUT2D eigenvalue weighted by atomic mass is 10.1. The number of benzene rings is 1. The molecule has 0 saturated heterocycles. The van der Waals surface area contributed by atoms with Gasteiger partial charge in [-0.15, -0.1) is 0 Å². The van der Waals surface area contributed by atoms with E-state index < -0.39 is 0 Å². The second kappa shape index (κ2) is 8.01. The van der Waals surface area contributed by atoms with Gasteiger partial charge in [-0.2, -0.15) is 5.10 Å². The summed E-state index contributed by atoms with van der Waals surface area (Å²) in [5.74, 6) is 0.591. The number of rotatable bonds is 5. The summed E-state index contributed by atoms with van der Waals surface area (Å²) in [5, 5.41) is 7.93. The summed E-state index contributed by atoms with van der Waals surface area (Å²) in [7, 11) is 0. The van der Waals surface area contributed by atoms with Crippen molar-refractivity contribution in [2.75, 3.05) is 6.54 Å². The molecule has 0 atom stereocenters. The molecule has 134 valence electrons. The van der Waals surface area contributed by atoms with E-state index in [1.807, 2.05) is 36.7 Å². The van der Waals surface area contributed by atoms with Crippen LogP contribution in [-0.2, 0) is 6.42 Å². The Morgan fingerprint density at radius 3 is 2.81 bits per heavy atom. The Morgan fingerprint density at radius 2 is 2.08 bits per heavy atom. The highest BCUT2D eigenvalue weighted by Crippen LogP contribution is 2.21. The van der Waals surface area contributed by atoms with Gasteiger partial charge in [0.2, 0.25) is 0 Å². The van der Waals surface area contributed by atoms with E-state index in [0.29, 0.717) is 23.6 Å². The first-order valence-electron chi connectivity index (χ1n) is 8.17. The lowest BCUT2D eigenvalue weighted by Crippen LogP contribution is -2.26. The molecule has 3 aromatic rings. The Balaban J connectivity index is 1.70. The van der Waals surface area contributed by atoms with Gasteiger partial charge in [-0.25, -0.2) is 9.67 Å². The van der Waals surface area contributed by atoms with Gasteiger partial charge in [-0.3, -0.25) is 4.79 Å². The fourth-order valence-electron chi connectivity index (χ4n) is 2.81. The number of halogens is 2. The Morgan fingerprint density at radius 1 is 1.27 bits per heavy atom.